The molecule has 0 aliphatic rings. The van der Waals surface area contributed by atoms with Gasteiger partial charge in [0.2, 0.25) is 0 Å². The number of alkyl halides is 2. The molecule has 1 heterocycles. The number of amides is 1. The normalized spacial score (nSPS) is 10.8. The molecule has 1 aromatic heterocycles. The molecule has 0 aliphatic carbocycles. The Kier molecular flexibility index (Phi) is 9.34. The molecule has 2 aromatic carbocycles. The topological polar surface area (TPSA) is 99.2 Å². The van der Waals surface area contributed by atoms with Crippen molar-refractivity contribution in [3.05, 3.63) is 88.2 Å². The number of halogens is 2. The van der Waals surface area contributed by atoms with Crippen molar-refractivity contribution in [2.45, 2.75) is 52.6 Å². The van der Waals surface area contributed by atoms with Crippen molar-refractivity contribution >= 4 is 11.8 Å². The zero-order valence-electron chi connectivity index (χ0n) is 21.5. The summed E-state index contributed by atoms with van der Waals surface area (Å²) in [5.74, 6) is 0.106. The predicted molar refractivity (Wildman–Crippen MR) is 138 cm³/mol. The number of hydrogen-bond donors (Lipinski definition) is 0. The second kappa shape index (κ2) is 12.6. The zero-order valence-corrected chi connectivity index (χ0v) is 21.5. The van der Waals surface area contributed by atoms with E-state index in [9.17, 15) is 13.6 Å². The molecule has 0 bridgehead atoms. The molecule has 0 atom stereocenters. The van der Waals surface area contributed by atoms with Crippen molar-refractivity contribution in [1.29, 1.82) is 10.5 Å². The first kappa shape index (κ1) is 28.1. The summed E-state index contributed by atoms with van der Waals surface area (Å²) in [5.41, 5.74) is 2.06. The number of anilines is 1. The van der Waals surface area contributed by atoms with Gasteiger partial charge in [0.15, 0.2) is 0 Å². The lowest BCUT2D eigenvalue weighted by molar-refractivity contribution is 0.0577. The summed E-state index contributed by atoms with van der Waals surface area (Å²) in [6.07, 6.45) is 0.664. The minimum Gasteiger partial charge on any atom is -0.487 e. The van der Waals surface area contributed by atoms with Crippen LogP contribution in [0.15, 0.2) is 54.7 Å². The summed E-state index contributed by atoms with van der Waals surface area (Å²) in [6, 6.07) is 17.2. The Bertz CT molecular complexity index is 1360. The number of carbonyl (C=O) groups excluding carboxylic acids is 1. The van der Waals surface area contributed by atoms with Gasteiger partial charge in [-0.2, -0.15) is 10.5 Å². The number of rotatable bonds is 9. The highest BCUT2D eigenvalue weighted by Crippen LogP contribution is 2.31. The van der Waals surface area contributed by atoms with Crippen LogP contribution >= 0.6 is 0 Å². The van der Waals surface area contributed by atoms with Gasteiger partial charge in [0.05, 0.1) is 36.5 Å². The lowest BCUT2D eigenvalue weighted by Crippen LogP contribution is -2.36. The van der Waals surface area contributed by atoms with Crippen LogP contribution in [0, 0.1) is 22.7 Å². The van der Waals surface area contributed by atoms with Crippen LogP contribution in [0.4, 0.5) is 19.3 Å². The van der Waals surface area contributed by atoms with Crippen molar-refractivity contribution in [1.82, 2.24) is 4.98 Å². The smallest absolute Gasteiger partial charge is 0.415 e. The summed E-state index contributed by atoms with van der Waals surface area (Å²) >= 11 is 0. The number of benzene rings is 2. The molecule has 38 heavy (non-hydrogen) atoms. The molecule has 0 saturated carbocycles. The highest BCUT2D eigenvalue weighted by molar-refractivity contribution is 5.88. The fourth-order valence-electron chi connectivity index (χ4n) is 3.73. The van der Waals surface area contributed by atoms with Gasteiger partial charge in [-0.15, -0.1) is 0 Å². The molecular weight excluding hydrogens is 490 g/mol. The summed E-state index contributed by atoms with van der Waals surface area (Å²) < 4.78 is 39.2. The van der Waals surface area contributed by atoms with Gasteiger partial charge in [0.25, 0.3) is 0 Å². The molecule has 196 valence electrons. The first-order valence-electron chi connectivity index (χ1n) is 11.9. The molecule has 0 aliphatic heterocycles. The SMILES string of the molecule is CC(C)(C)OC(=O)N(Cc1cnc(CF)c(OCc2cccc(C#N)c2)c1CCF)c1ccc(C#N)cc1. The van der Waals surface area contributed by atoms with E-state index < -0.39 is 25.0 Å². The van der Waals surface area contributed by atoms with Crippen molar-refractivity contribution in [2.24, 2.45) is 0 Å². The number of pyridine rings is 1. The third kappa shape index (κ3) is 7.27. The fourth-order valence-corrected chi connectivity index (χ4v) is 3.73. The highest BCUT2D eigenvalue weighted by Gasteiger charge is 2.26. The van der Waals surface area contributed by atoms with Gasteiger partial charge in [-0.05, 0) is 68.3 Å². The Labute approximate surface area is 220 Å². The van der Waals surface area contributed by atoms with E-state index in [4.69, 9.17) is 20.0 Å². The van der Waals surface area contributed by atoms with Gasteiger partial charge in [-0.3, -0.25) is 14.3 Å². The highest BCUT2D eigenvalue weighted by atomic mass is 19.1. The number of aromatic nitrogens is 1. The van der Waals surface area contributed by atoms with E-state index in [0.717, 1.165) is 0 Å². The van der Waals surface area contributed by atoms with Crippen LogP contribution in [0.3, 0.4) is 0 Å². The van der Waals surface area contributed by atoms with Crippen LogP contribution in [0.5, 0.6) is 5.75 Å². The van der Waals surface area contributed by atoms with Crippen LogP contribution in [0.25, 0.3) is 0 Å². The molecule has 0 radical (unpaired) electrons. The Hall–Kier alpha value is -4.50. The van der Waals surface area contributed by atoms with Gasteiger partial charge in [0, 0.05) is 23.9 Å². The Morgan fingerprint density at radius 3 is 2.37 bits per heavy atom. The lowest BCUT2D eigenvalue weighted by atomic mass is 10.0. The zero-order chi connectivity index (χ0) is 27.7. The van der Waals surface area contributed by atoms with Crippen LogP contribution in [-0.4, -0.2) is 23.4 Å². The summed E-state index contributed by atoms with van der Waals surface area (Å²) in [6.45, 7) is 3.49. The summed E-state index contributed by atoms with van der Waals surface area (Å²) in [7, 11) is 0. The number of nitriles is 2. The Balaban J connectivity index is 2.02. The molecule has 7 nitrogen and oxygen atoms in total. The van der Waals surface area contributed by atoms with E-state index in [1.165, 1.54) is 11.1 Å². The largest absolute Gasteiger partial charge is 0.487 e. The number of ether oxygens (including phenoxy) is 2. The van der Waals surface area contributed by atoms with Crippen LogP contribution in [0.2, 0.25) is 0 Å². The fraction of sp³-hybridized carbons (Fsp3) is 0.310. The van der Waals surface area contributed by atoms with Crippen molar-refractivity contribution in [3.63, 3.8) is 0 Å². The molecule has 0 spiro atoms. The number of hydrogen-bond acceptors (Lipinski definition) is 6. The van der Waals surface area contributed by atoms with Crippen molar-refractivity contribution in [2.75, 3.05) is 11.6 Å². The lowest BCUT2D eigenvalue weighted by Gasteiger charge is -2.28. The average Bonchev–Trinajstić information content (AvgIpc) is 2.90. The quantitative estimate of drug-likeness (QED) is 0.328. The minimum absolute atomic E-state index is 0.0100. The van der Waals surface area contributed by atoms with E-state index >= 15 is 0 Å². The maximum atomic E-state index is 13.9. The minimum atomic E-state index is -0.932. The third-order valence-electron chi connectivity index (χ3n) is 5.46. The Morgan fingerprint density at radius 2 is 1.76 bits per heavy atom. The molecule has 9 heteroatoms. The van der Waals surface area contributed by atoms with Gasteiger partial charge >= 0.3 is 6.09 Å². The van der Waals surface area contributed by atoms with E-state index in [1.54, 1.807) is 69.3 Å². The van der Waals surface area contributed by atoms with Crippen molar-refractivity contribution in [3.8, 4) is 17.9 Å². The summed E-state index contributed by atoms with van der Waals surface area (Å²) in [4.78, 5) is 18.7. The number of nitrogens with zero attached hydrogens (tertiary/aromatic N) is 4. The summed E-state index contributed by atoms with van der Waals surface area (Å²) in [5, 5.41) is 18.3. The molecular formula is C29H28F2N4O3. The molecule has 0 saturated heterocycles. The monoisotopic (exact) mass is 518 g/mol. The third-order valence-corrected chi connectivity index (χ3v) is 5.46. The van der Waals surface area contributed by atoms with E-state index in [-0.39, 0.29) is 31.0 Å². The molecule has 0 N–H and O–H groups in total. The van der Waals surface area contributed by atoms with Gasteiger partial charge in [-0.1, -0.05) is 12.1 Å². The maximum absolute atomic E-state index is 13.9. The molecule has 1 amide bonds. The standard InChI is InChI=1S/C29H28F2N4O3/c1-29(2,3)38-28(36)35(24-9-7-20(15-32)8-10-24)18-23-17-34-26(14-31)27(25(23)11-12-30)37-19-22-6-4-5-21(13-22)16-33/h4-10,13,17H,11-12,14,18-19H2,1-3H3. The first-order chi connectivity index (χ1) is 18.2. The average molecular weight is 519 g/mol. The van der Waals surface area contributed by atoms with Gasteiger partial charge < -0.3 is 9.47 Å². The molecule has 3 aromatic rings. The second-order valence-electron chi connectivity index (χ2n) is 9.44. The molecule has 0 unspecified atom stereocenters. The van der Waals surface area contributed by atoms with E-state index in [0.29, 0.717) is 33.5 Å². The van der Waals surface area contributed by atoms with Gasteiger partial charge in [-0.25, -0.2) is 9.18 Å². The van der Waals surface area contributed by atoms with Gasteiger partial charge in [0.1, 0.15) is 30.3 Å². The Morgan fingerprint density at radius 1 is 1.05 bits per heavy atom. The second-order valence-corrected chi connectivity index (χ2v) is 9.44. The van der Waals surface area contributed by atoms with E-state index in [1.807, 2.05) is 6.07 Å². The first-order valence-corrected chi connectivity index (χ1v) is 11.9. The molecule has 3 rings (SSSR count). The number of carbonyl (C=O) groups is 1. The van der Waals surface area contributed by atoms with Crippen molar-refractivity contribution < 1.29 is 23.0 Å². The maximum Gasteiger partial charge on any atom is 0.415 e. The molecule has 0 fully saturated rings. The predicted octanol–water partition coefficient (Wildman–Crippen LogP) is 6.33. The van der Waals surface area contributed by atoms with E-state index in [2.05, 4.69) is 11.1 Å². The van der Waals surface area contributed by atoms with Crippen LogP contribution in [0.1, 0.15) is 54.3 Å². The van der Waals surface area contributed by atoms with Crippen LogP contribution in [-0.2, 0) is 31.0 Å². The van der Waals surface area contributed by atoms with Crippen LogP contribution < -0.4 is 9.64 Å².